The molecule has 1 aromatic carbocycles. The topological polar surface area (TPSA) is 70.0 Å². The number of nitrogens with zero attached hydrogens (tertiary/aromatic N) is 1. The molecule has 4 nitrogen and oxygen atoms in total. The third-order valence-electron chi connectivity index (χ3n) is 3.40. The van der Waals surface area contributed by atoms with Crippen LogP contribution in [0, 0.1) is 11.3 Å². The van der Waals surface area contributed by atoms with Crippen molar-refractivity contribution in [3.8, 4) is 6.07 Å². The predicted molar refractivity (Wildman–Crippen MR) is 86.9 cm³/mol. The molecule has 0 bridgehead atoms. The first-order valence-electron chi connectivity index (χ1n) is 6.95. The maximum atomic E-state index is 11.2. The normalized spacial score (nSPS) is 17.9. The van der Waals surface area contributed by atoms with Crippen LogP contribution in [0.1, 0.15) is 18.4 Å². The van der Waals surface area contributed by atoms with E-state index in [-0.39, 0.29) is 5.75 Å². The second-order valence-electron chi connectivity index (χ2n) is 5.48. The van der Waals surface area contributed by atoms with Crippen molar-refractivity contribution in [3.63, 3.8) is 0 Å². The predicted octanol–water partition coefficient (Wildman–Crippen LogP) is 1.94. The van der Waals surface area contributed by atoms with Gasteiger partial charge in [-0.25, -0.2) is 8.42 Å². The molecule has 1 aliphatic carbocycles. The summed E-state index contributed by atoms with van der Waals surface area (Å²) in [6, 6.07) is 12.5. The van der Waals surface area contributed by atoms with E-state index in [1.54, 1.807) is 0 Å². The second kappa shape index (κ2) is 6.82. The summed E-state index contributed by atoms with van der Waals surface area (Å²) in [7, 11) is -2.95. The number of rotatable bonds is 8. The van der Waals surface area contributed by atoms with E-state index >= 15 is 0 Å². The summed E-state index contributed by atoms with van der Waals surface area (Å²) in [6.07, 6.45) is 3.44. The molecule has 1 unspecified atom stereocenters. The van der Waals surface area contributed by atoms with Crippen molar-refractivity contribution in [2.75, 3.05) is 23.5 Å². The van der Waals surface area contributed by atoms with Gasteiger partial charge in [0.15, 0.2) is 0 Å². The monoisotopic (exact) mass is 324 g/mol. The fourth-order valence-electron chi connectivity index (χ4n) is 2.07. The molecule has 0 radical (unpaired) electrons. The molecule has 0 amide bonds. The van der Waals surface area contributed by atoms with Crippen molar-refractivity contribution in [1.29, 1.82) is 5.26 Å². The Morgan fingerprint density at radius 3 is 2.57 bits per heavy atom. The van der Waals surface area contributed by atoms with E-state index in [4.69, 9.17) is 0 Å². The van der Waals surface area contributed by atoms with E-state index < -0.39 is 15.4 Å². The molecule has 0 saturated heterocycles. The van der Waals surface area contributed by atoms with Gasteiger partial charge in [-0.2, -0.15) is 17.0 Å². The van der Waals surface area contributed by atoms with Gasteiger partial charge in [-0.05, 0) is 18.4 Å². The summed E-state index contributed by atoms with van der Waals surface area (Å²) in [5.74, 6) is 1.22. The van der Waals surface area contributed by atoms with Gasteiger partial charge in [-0.15, -0.1) is 0 Å². The van der Waals surface area contributed by atoms with E-state index in [1.807, 2.05) is 30.3 Å². The molecule has 1 fully saturated rings. The van der Waals surface area contributed by atoms with Crippen LogP contribution in [0.3, 0.4) is 0 Å². The molecule has 21 heavy (non-hydrogen) atoms. The molecular weight excluding hydrogens is 304 g/mol. The highest BCUT2D eigenvalue weighted by Crippen LogP contribution is 2.31. The molecule has 1 saturated carbocycles. The maximum Gasteiger partial charge on any atom is 0.148 e. The largest absolute Gasteiger partial charge is 0.292 e. The number of hydrogen-bond donors (Lipinski definition) is 1. The summed E-state index contributed by atoms with van der Waals surface area (Å²) < 4.78 is 22.4. The van der Waals surface area contributed by atoms with Gasteiger partial charge in [0.2, 0.25) is 0 Å². The molecular formula is C15H20N2O2S2. The van der Waals surface area contributed by atoms with Crippen molar-refractivity contribution >= 4 is 21.6 Å². The third kappa shape index (κ3) is 5.03. The Hall–Kier alpha value is -1.03. The Bertz CT molecular complexity index is 606. The second-order valence-corrected chi connectivity index (χ2v) is 8.85. The van der Waals surface area contributed by atoms with Gasteiger partial charge < -0.3 is 0 Å². The maximum absolute atomic E-state index is 11.2. The van der Waals surface area contributed by atoms with Crippen LogP contribution in [0.25, 0.3) is 0 Å². The summed E-state index contributed by atoms with van der Waals surface area (Å²) >= 11 is 1.51. The van der Waals surface area contributed by atoms with Crippen LogP contribution in [0.5, 0.6) is 0 Å². The minimum atomic E-state index is -2.95. The summed E-state index contributed by atoms with van der Waals surface area (Å²) in [6.45, 7) is 0. The molecule has 6 heteroatoms. The Balaban J connectivity index is 2.07. The van der Waals surface area contributed by atoms with Gasteiger partial charge in [-0.1, -0.05) is 30.3 Å². The number of thioether (sulfide) groups is 1. The summed E-state index contributed by atoms with van der Waals surface area (Å²) in [5.41, 5.74) is 0.219. The lowest BCUT2D eigenvalue weighted by Gasteiger charge is -2.28. The summed E-state index contributed by atoms with van der Waals surface area (Å²) in [4.78, 5) is 0. The van der Waals surface area contributed by atoms with Crippen LogP contribution in [-0.4, -0.2) is 38.0 Å². The molecule has 1 atom stereocenters. The molecule has 0 aliphatic heterocycles. The van der Waals surface area contributed by atoms with Gasteiger partial charge in [0.1, 0.15) is 15.4 Å². The minimum Gasteiger partial charge on any atom is -0.292 e. The summed E-state index contributed by atoms with van der Waals surface area (Å²) in [5, 5.41) is 13.2. The highest BCUT2D eigenvalue weighted by Gasteiger charge is 2.37. The van der Waals surface area contributed by atoms with Crippen LogP contribution in [-0.2, 0) is 15.4 Å². The van der Waals surface area contributed by atoms with Crippen LogP contribution < -0.4 is 5.32 Å². The first-order chi connectivity index (χ1) is 9.95. The lowest BCUT2D eigenvalue weighted by molar-refractivity contribution is 0.470. The molecule has 1 aliphatic rings. The van der Waals surface area contributed by atoms with Gasteiger partial charge in [0.05, 0.1) is 11.8 Å². The highest BCUT2D eigenvalue weighted by molar-refractivity contribution is 8.00. The van der Waals surface area contributed by atoms with Gasteiger partial charge >= 0.3 is 0 Å². The van der Waals surface area contributed by atoms with Crippen LogP contribution in [0.15, 0.2) is 30.3 Å². The zero-order valence-electron chi connectivity index (χ0n) is 12.1. The quantitative estimate of drug-likeness (QED) is 0.740. The Labute approximate surface area is 130 Å². The zero-order valence-corrected chi connectivity index (χ0v) is 13.7. The van der Waals surface area contributed by atoms with Crippen molar-refractivity contribution in [3.05, 3.63) is 35.9 Å². The van der Waals surface area contributed by atoms with E-state index in [0.29, 0.717) is 17.5 Å². The Kier molecular flexibility index (Phi) is 5.31. The minimum absolute atomic E-state index is 0.150. The SMILES string of the molecule is CS(=O)(=O)CCSCC(C#N)(NC1CC1)c1ccccc1. The van der Waals surface area contributed by atoms with Crippen molar-refractivity contribution in [2.24, 2.45) is 0 Å². The molecule has 114 valence electrons. The van der Waals surface area contributed by atoms with E-state index in [9.17, 15) is 13.7 Å². The van der Waals surface area contributed by atoms with Crippen molar-refractivity contribution < 1.29 is 8.42 Å². The molecule has 0 aromatic heterocycles. The van der Waals surface area contributed by atoms with Gasteiger partial charge in [0, 0.05) is 23.8 Å². The van der Waals surface area contributed by atoms with Crippen molar-refractivity contribution in [1.82, 2.24) is 5.32 Å². The van der Waals surface area contributed by atoms with E-state index in [1.165, 1.54) is 18.0 Å². The first-order valence-corrected chi connectivity index (χ1v) is 10.2. The molecule has 2 rings (SSSR count). The average molecular weight is 324 g/mol. The first kappa shape index (κ1) is 16.3. The van der Waals surface area contributed by atoms with E-state index in [0.717, 1.165) is 18.4 Å². The standard InChI is InChI=1S/C15H20N2O2S2/c1-21(18,19)10-9-20-12-15(11-16,17-14-7-8-14)13-5-3-2-4-6-13/h2-6,14,17H,7-10,12H2,1H3. The number of benzene rings is 1. The highest BCUT2D eigenvalue weighted by atomic mass is 32.2. The van der Waals surface area contributed by atoms with Crippen molar-refractivity contribution in [2.45, 2.75) is 24.4 Å². The van der Waals surface area contributed by atoms with Crippen LogP contribution >= 0.6 is 11.8 Å². The number of sulfone groups is 1. The molecule has 1 N–H and O–H groups in total. The average Bonchev–Trinajstić information content (AvgIpc) is 3.26. The number of nitriles is 1. The fourth-order valence-corrected chi connectivity index (χ4v) is 4.52. The van der Waals surface area contributed by atoms with Gasteiger partial charge in [0.25, 0.3) is 0 Å². The lowest BCUT2D eigenvalue weighted by atomic mass is 9.93. The zero-order chi connectivity index (χ0) is 15.3. The molecule has 0 heterocycles. The lowest BCUT2D eigenvalue weighted by Crippen LogP contribution is -2.45. The third-order valence-corrected chi connectivity index (χ3v) is 5.74. The van der Waals surface area contributed by atoms with Crippen LogP contribution in [0.2, 0.25) is 0 Å². The number of nitrogens with one attached hydrogen (secondary N) is 1. The number of hydrogen-bond acceptors (Lipinski definition) is 5. The smallest absolute Gasteiger partial charge is 0.148 e. The van der Waals surface area contributed by atoms with E-state index in [2.05, 4.69) is 11.4 Å². The van der Waals surface area contributed by atoms with Gasteiger partial charge in [-0.3, -0.25) is 5.32 Å². The molecule has 0 spiro atoms. The van der Waals surface area contributed by atoms with Crippen LogP contribution in [0.4, 0.5) is 0 Å². The molecule has 1 aromatic rings. The Morgan fingerprint density at radius 2 is 2.05 bits per heavy atom. The Morgan fingerprint density at radius 1 is 1.38 bits per heavy atom. The fraction of sp³-hybridized carbons (Fsp3) is 0.533.